The lowest BCUT2D eigenvalue weighted by Gasteiger charge is -2.15. The summed E-state index contributed by atoms with van der Waals surface area (Å²) in [4.78, 5) is 8.25. The molecule has 0 N–H and O–H groups in total. The molecule has 0 aliphatic carbocycles. The highest BCUT2D eigenvalue weighted by atomic mass is 19.4. The van der Waals surface area contributed by atoms with Crippen molar-refractivity contribution in [2.75, 3.05) is 7.11 Å². The van der Waals surface area contributed by atoms with Crippen LogP contribution < -0.4 is 4.74 Å². The van der Waals surface area contributed by atoms with E-state index < -0.39 is 11.7 Å². The van der Waals surface area contributed by atoms with Gasteiger partial charge in [0, 0.05) is 17.0 Å². The Morgan fingerprint density at radius 1 is 1.14 bits per heavy atom. The number of halogens is 3. The molecule has 0 fully saturated rings. The average Bonchev–Trinajstić information content (AvgIpc) is 2.50. The number of fused-ring (bicyclic) bond motifs is 2. The predicted octanol–water partition coefficient (Wildman–Crippen LogP) is 4.37. The molecule has 0 aliphatic heterocycles. The van der Waals surface area contributed by atoms with Crippen LogP contribution in [0, 0.1) is 0 Å². The van der Waals surface area contributed by atoms with Crippen molar-refractivity contribution in [3.63, 3.8) is 0 Å². The normalized spacial score (nSPS) is 12.0. The monoisotopic (exact) mass is 306 g/mol. The number of methoxy groups -OCH3 is 1. The third-order valence-electron chi connectivity index (χ3n) is 3.61. The maximum Gasteiger partial charge on any atom is 0.417 e. The van der Waals surface area contributed by atoms with Gasteiger partial charge >= 0.3 is 6.18 Å². The first kappa shape index (κ1) is 14.6. The molecular formula is C16H13F3N2O. The molecule has 22 heavy (non-hydrogen) atoms. The molecule has 0 bridgehead atoms. The first-order valence-electron chi connectivity index (χ1n) is 6.78. The maximum atomic E-state index is 13.6. The zero-order chi connectivity index (χ0) is 15.9. The summed E-state index contributed by atoms with van der Waals surface area (Å²) in [5, 5.41) is 0.104. The minimum atomic E-state index is -4.49. The predicted molar refractivity (Wildman–Crippen MR) is 78.0 cm³/mol. The highest BCUT2D eigenvalue weighted by Gasteiger charge is 2.36. The average molecular weight is 306 g/mol. The topological polar surface area (TPSA) is 35.0 Å². The van der Waals surface area contributed by atoms with Crippen molar-refractivity contribution in [1.82, 2.24) is 9.97 Å². The molecule has 1 aromatic carbocycles. The quantitative estimate of drug-likeness (QED) is 0.659. The number of hydrogen-bond acceptors (Lipinski definition) is 3. The van der Waals surface area contributed by atoms with Crippen LogP contribution in [0.3, 0.4) is 0 Å². The largest absolute Gasteiger partial charge is 0.479 e. The van der Waals surface area contributed by atoms with E-state index in [9.17, 15) is 13.2 Å². The molecule has 114 valence electrons. The summed E-state index contributed by atoms with van der Waals surface area (Å²) in [7, 11) is 1.36. The summed E-state index contributed by atoms with van der Waals surface area (Å²) in [6, 6.07) is 6.27. The summed E-state index contributed by atoms with van der Waals surface area (Å²) in [5.74, 6) is 0.0875. The Morgan fingerprint density at radius 3 is 2.55 bits per heavy atom. The van der Waals surface area contributed by atoms with Gasteiger partial charge < -0.3 is 4.74 Å². The zero-order valence-corrected chi connectivity index (χ0v) is 12.0. The van der Waals surface area contributed by atoms with Crippen LogP contribution in [0.1, 0.15) is 18.1 Å². The van der Waals surface area contributed by atoms with Crippen LogP contribution in [0.2, 0.25) is 0 Å². The van der Waals surface area contributed by atoms with Gasteiger partial charge in [-0.1, -0.05) is 13.0 Å². The minimum Gasteiger partial charge on any atom is -0.479 e. The van der Waals surface area contributed by atoms with E-state index in [-0.39, 0.29) is 27.7 Å². The number of aryl methyl sites for hydroxylation is 1. The standard InChI is InChI=1S/C16H13F3N2O/c1-3-9-4-5-12-11(8-9)13(16(17,18)19)10-6-7-20-15(22-2)14(10)21-12/h4-8H,3H2,1-2H3. The number of rotatable bonds is 2. The van der Waals surface area contributed by atoms with Crippen molar-refractivity contribution < 1.29 is 17.9 Å². The van der Waals surface area contributed by atoms with Crippen molar-refractivity contribution in [2.24, 2.45) is 0 Å². The fraction of sp³-hybridized carbons (Fsp3) is 0.250. The van der Waals surface area contributed by atoms with Gasteiger partial charge in [-0.25, -0.2) is 9.97 Å². The van der Waals surface area contributed by atoms with Crippen molar-refractivity contribution in [2.45, 2.75) is 19.5 Å². The van der Waals surface area contributed by atoms with Crippen molar-refractivity contribution in [3.8, 4) is 5.88 Å². The molecule has 0 unspecified atom stereocenters. The van der Waals surface area contributed by atoms with E-state index in [1.807, 2.05) is 6.92 Å². The summed E-state index contributed by atoms with van der Waals surface area (Å²) >= 11 is 0. The van der Waals surface area contributed by atoms with Gasteiger partial charge in [0.25, 0.3) is 0 Å². The van der Waals surface area contributed by atoms with Crippen molar-refractivity contribution >= 4 is 21.8 Å². The number of ether oxygens (including phenoxy) is 1. The second kappa shape index (κ2) is 5.12. The van der Waals surface area contributed by atoms with Gasteiger partial charge in [-0.15, -0.1) is 0 Å². The fourth-order valence-corrected chi connectivity index (χ4v) is 2.57. The zero-order valence-electron chi connectivity index (χ0n) is 12.0. The third-order valence-corrected chi connectivity index (χ3v) is 3.61. The summed E-state index contributed by atoms with van der Waals surface area (Å²) < 4.78 is 45.9. The van der Waals surface area contributed by atoms with Gasteiger partial charge in [-0.3, -0.25) is 0 Å². The Morgan fingerprint density at radius 2 is 1.91 bits per heavy atom. The lowest BCUT2D eigenvalue weighted by molar-refractivity contribution is -0.135. The van der Waals surface area contributed by atoms with Gasteiger partial charge in [0.1, 0.15) is 5.52 Å². The van der Waals surface area contributed by atoms with Crippen LogP contribution in [-0.4, -0.2) is 17.1 Å². The number of nitrogens with zero attached hydrogens (tertiary/aromatic N) is 2. The Kier molecular flexibility index (Phi) is 3.39. The molecular weight excluding hydrogens is 293 g/mol. The number of pyridine rings is 2. The highest BCUT2D eigenvalue weighted by molar-refractivity contribution is 5.99. The molecule has 0 saturated heterocycles. The summed E-state index contributed by atoms with van der Waals surface area (Å²) in [6.45, 7) is 1.90. The summed E-state index contributed by atoms with van der Waals surface area (Å²) in [6.07, 6.45) is -2.53. The summed E-state index contributed by atoms with van der Waals surface area (Å²) in [5.41, 5.74) is 0.543. The first-order valence-corrected chi connectivity index (χ1v) is 6.78. The molecule has 0 radical (unpaired) electrons. The van der Waals surface area contributed by atoms with E-state index in [0.717, 1.165) is 5.56 Å². The molecule has 3 aromatic rings. The van der Waals surface area contributed by atoms with Crippen LogP contribution in [0.25, 0.3) is 21.8 Å². The number of alkyl halides is 3. The lowest BCUT2D eigenvalue weighted by atomic mass is 10.0. The third kappa shape index (κ3) is 2.24. The Balaban J connectivity index is 2.54. The Bertz CT molecular complexity index is 855. The fourth-order valence-electron chi connectivity index (χ4n) is 2.57. The van der Waals surface area contributed by atoms with Gasteiger partial charge in [0.2, 0.25) is 5.88 Å². The van der Waals surface area contributed by atoms with Crippen molar-refractivity contribution in [3.05, 3.63) is 41.6 Å². The number of benzene rings is 1. The molecule has 0 spiro atoms. The van der Waals surface area contributed by atoms with Crippen LogP contribution in [0.15, 0.2) is 30.5 Å². The van der Waals surface area contributed by atoms with Crippen LogP contribution >= 0.6 is 0 Å². The van der Waals surface area contributed by atoms with Crippen LogP contribution in [-0.2, 0) is 12.6 Å². The molecule has 3 nitrogen and oxygen atoms in total. The molecule has 0 saturated carbocycles. The Labute approximate surface area is 124 Å². The van der Waals surface area contributed by atoms with Gasteiger partial charge in [-0.2, -0.15) is 13.2 Å². The highest BCUT2D eigenvalue weighted by Crippen LogP contribution is 2.40. The molecule has 2 aromatic heterocycles. The van der Waals surface area contributed by atoms with Gasteiger partial charge in [-0.05, 0) is 30.2 Å². The van der Waals surface area contributed by atoms with Crippen molar-refractivity contribution in [1.29, 1.82) is 0 Å². The Hall–Kier alpha value is -2.37. The van der Waals surface area contributed by atoms with E-state index in [4.69, 9.17) is 4.74 Å². The van der Waals surface area contributed by atoms with E-state index in [2.05, 4.69) is 9.97 Å². The molecule has 6 heteroatoms. The lowest BCUT2D eigenvalue weighted by Crippen LogP contribution is -2.09. The minimum absolute atomic E-state index is 0.0000954. The number of aromatic nitrogens is 2. The van der Waals surface area contributed by atoms with Gasteiger partial charge in [0.05, 0.1) is 18.2 Å². The van der Waals surface area contributed by atoms with Gasteiger partial charge in [0.15, 0.2) is 0 Å². The number of hydrogen-bond donors (Lipinski definition) is 0. The maximum absolute atomic E-state index is 13.6. The van der Waals surface area contributed by atoms with E-state index in [1.165, 1.54) is 19.4 Å². The van der Waals surface area contributed by atoms with E-state index >= 15 is 0 Å². The van der Waals surface area contributed by atoms with Crippen LogP contribution in [0.5, 0.6) is 5.88 Å². The smallest absolute Gasteiger partial charge is 0.417 e. The van der Waals surface area contributed by atoms with Crippen LogP contribution in [0.4, 0.5) is 13.2 Å². The SMILES string of the molecule is CCc1ccc2nc3c(OC)nccc3c(C(F)(F)F)c2c1. The van der Waals surface area contributed by atoms with E-state index in [1.54, 1.807) is 18.2 Å². The van der Waals surface area contributed by atoms with E-state index in [0.29, 0.717) is 6.42 Å². The molecule has 0 amide bonds. The molecule has 0 aliphatic rings. The first-order chi connectivity index (χ1) is 10.5. The second-order valence-electron chi connectivity index (χ2n) is 4.91. The second-order valence-corrected chi connectivity index (χ2v) is 4.91. The molecule has 0 atom stereocenters. The molecule has 2 heterocycles. The molecule has 3 rings (SSSR count).